The van der Waals surface area contributed by atoms with Gasteiger partial charge in [0.25, 0.3) is 5.91 Å². The van der Waals surface area contributed by atoms with Crippen molar-refractivity contribution >= 4 is 29.2 Å². The monoisotopic (exact) mass is 359 g/mol. The van der Waals surface area contributed by atoms with Crippen LogP contribution in [0, 0.1) is 5.82 Å². The summed E-state index contributed by atoms with van der Waals surface area (Å²) < 4.78 is 13.8. The largest absolute Gasteiger partial charge is 0.327 e. The van der Waals surface area contributed by atoms with Gasteiger partial charge in [0.2, 0.25) is 0 Å². The topological polar surface area (TPSA) is 70.2 Å². The van der Waals surface area contributed by atoms with Crippen molar-refractivity contribution in [2.45, 2.75) is 13.0 Å². The number of nitrogens with one attached hydrogen (secondary N) is 3. The van der Waals surface area contributed by atoms with Gasteiger partial charge in [-0.05, 0) is 36.8 Å². The highest BCUT2D eigenvalue weighted by atomic mass is 35.5. The Morgan fingerprint density at radius 3 is 2.68 bits per heavy atom. The lowest BCUT2D eigenvalue weighted by atomic mass is 9.95. The van der Waals surface area contributed by atoms with Crippen molar-refractivity contribution in [3.05, 3.63) is 76.2 Å². The first kappa shape index (κ1) is 17.0. The Morgan fingerprint density at radius 1 is 1.20 bits per heavy atom. The Hall–Kier alpha value is -2.86. The summed E-state index contributed by atoms with van der Waals surface area (Å²) in [7, 11) is 0. The second-order valence-electron chi connectivity index (χ2n) is 5.56. The van der Waals surface area contributed by atoms with E-state index in [-0.39, 0.29) is 11.3 Å². The predicted molar refractivity (Wildman–Crippen MR) is 93.6 cm³/mol. The van der Waals surface area contributed by atoms with Crippen LogP contribution in [0.4, 0.5) is 14.9 Å². The molecule has 1 heterocycles. The summed E-state index contributed by atoms with van der Waals surface area (Å²) in [4.78, 5) is 24.6. The van der Waals surface area contributed by atoms with Gasteiger partial charge in [0, 0.05) is 10.7 Å². The highest BCUT2D eigenvalue weighted by Gasteiger charge is 2.31. The van der Waals surface area contributed by atoms with E-state index in [0.717, 1.165) is 0 Å². The van der Waals surface area contributed by atoms with Crippen LogP contribution in [0.15, 0.2) is 59.8 Å². The molecular weight excluding hydrogens is 345 g/mol. The Bertz CT molecular complexity index is 882. The van der Waals surface area contributed by atoms with Gasteiger partial charge >= 0.3 is 6.03 Å². The van der Waals surface area contributed by atoms with E-state index in [1.807, 2.05) is 0 Å². The lowest BCUT2D eigenvalue weighted by Crippen LogP contribution is -2.46. The van der Waals surface area contributed by atoms with Crippen molar-refractivity contribution in [3.63, 3.8) is 0 Å². The highest BCUT2D eigenvalue weighted by molar-refractivity contribution is 6.30. The van der Waals surface area contributed by atoms with Gasteiger partial charge in [-0.2, -0.15) is 0 Å². The van der Waals surface area contributed by atoms with Crippen LogP contribution in [0.3, 0.4) is 0 Å². The van der Waals surface area contributed by atoms with Crippen molar-refractivity contribution in [1.82, 2.24) is 10.6 Å². The molecule has 2 aromatic rings. The van der Waals surface area contributed by atoms with Gasteiger partial charge in [-0.25, -0.2) is 9.18 Å². The molecule has 128 valence electrons. The molecule has 3 N–H and O–H groups in total. The average Bonchev–Trinajstić information content (AvgIpc) is 2.56. The van der Waals surface area contributed by atoms with Crippen LogP contribution in [-0.2, 0) is 4.79 Å². The fourth-order valence-electron chi connectivity index (χ4n) is 2.68. The van der Waals surface area contributed by atoms with Crippen molar-refractivity contribution in [3.8, 4) is 0 Å². The van der Waals surface area contributed by atoms with E-state index >= 15 is 0 Å². The number of amides is 3. The summed E-state index contributed by atoms with van der Waals surface area (Å²) in [5.41, 5.74) is 1.39. The molecule has 0 unspecified atom stereocenters. The third-order valence-corrected chi connectivity index (χ3v) is 4.05. The van der Waals surface area contributed by atoms with Crippen LogP contribution < -0.4 is 16.0 Å². The van der Waals surface area contributed by atoms with E-state index in [1.165, 1.54) is 18.2 Å². The fourth-order valence-corrected chi connectivity index (χ4v) is 2.88. The van der Waals surface area contributed by atoms with Gasteiger partial charge in [-0.3, -0.25) is 4.79 Å². The smallest absolute Gasteiger partial charge is 0.319 e. The maximum Gasteiger partial charge on any atom is 0.319 e. The van der Waals surface area contributed by atoms with E-state index in [1.54, 1.807) is 37.3 Å². The molecule has 0 bridgehead atoms. The number of hydrogen-bond acceptors (Lipinski definition) is 2. The lowest BCUT2D eigenvalue weighted by molar-refractivity contribution is -0.113. The molecule has 0 aromatic heterocycles. The normalized spacial score (nSPS) is 16.9. The first-order chi connectivity index (χ1) is 12.0. The van der Waals surface area contributed by atoms with Gasteiger partial charge in [-0.15, -0.1) is 0 Å². The number of para-hydroxylation sites is 1. The summed E-state index contributed by atoms with van der Waals surface area (Å²) in [6, 6.07) is 11.6. The molecule has 1 aliphatic rings. The van der Waals surface area contributed by atoms with Crippen LogP contribution in [0.1, 0.15) is 18.5 Å². The molecule has 0 saturated carbocycles. The minimum atomic E-state index is -0.695. The van der Waals surface area contributed by atoms with Crippen molar-refractivity contribution in [2.75, 3.05) is 5.32 Å². The summed E-state index contributed by atoms with van der Waals surface area (Å²) in [5.74, 6) is -1.05. The summed E-state index contributed by atoms with van der Waals surface area (Å²) in [5, 5.41) is 8.29. The molecule has 3 amide bonds. The van der Waals surface area contributed by atoms with E-state index in [9.17, 15) is 14.0 Å². The van der Waals surface area contributed by atoms with Crippen molar-refractivity contribution in [1.29, 1.82) is 0 Å². The number of hydrogen-bond donors (Lipinski definition) is 3. The zero-order chi connectivity index (χ0) is 18.0. The molecule has 5 nitrogen and oxygen atoms in total. The third kappa shape index (κ3) is 3.64. The van der Waals surface area contributed by atoms with Crippen molar-refractivity contribution < 1.29 is 14.0 Å². The number of carbonyl (C=O) groups excluding carboxylic acids is 2. The first-order valence-electron chi connectivity index (χ1n) is 7.55. The number of benzene rings is 2. The molecule has 0 saturated heterocycles. The Morgan fingerprint density at radius 2 is 1.96 bits per heavy atom. The highest BCUT2D eigenvalue weighted by Crippen LogP contribution is 2.29. The molecule has 0 fully saturated rings. The molecule has 1 aliphatic heterocycles. The molecule has 7 heteroatoms. The first-order valence-corrected chi connectivity index (χ1v) is 7.93. The number of anilines is 1. The molecule has 3 rings (SSSR count). The molecule has 0 aliphatic carbocycles. The summed E-state index contributed by atoms with van der Waals surface area (Å²) in [6.45, 7) is 1.62. The Kier molecular flexibility index (Phi) is 4.72. The van der Waals surface area contributed by atoms with E-state index in [2.05, 4.69) is 16.0 Å². The molecule has 0 radical (unpaired) electrons. The standard InChI is InChI=1S/C18H15ClFN3O2/c1-10-15(17(24)22-14-8-3-2-7-13(14)20)16(23-18(25)21-10)11-5-4-6-12(19)9-11/h2-9,16H,1H3,(H,22,24)(H2,21,23,25)/t16-/m1/s1. The van der Waals surface area contributed by atoms with Crippen LogP contribution in [0.5, 0.6) is 0 Å². The molecule has 25 heavy (non-hydrogen) atoms. The maximum absolute atomic E-state index is 13.8. The second kappa shape index (κ2) is 6.94. The lowest BCUT2D eigenvalue weighted by Gasteiger charge is -2.28. The molecular formula is C18H15ClFN3O2. The van der Waals surface area contributed by atoms with E-state index in [4.69, 9.17) is 11.6 Å². The zero-order valence-corrected chi connectivity index (χ0v) is 14.0. The minimum absolute atomic E-state index is 0.0644. The Balaban J connectivity index is 1.97. The number of carbonyl (C=O) groups is 2. The number of allylic oxidation sites excluding steroid dienone is 1. The van der Waals surface area contributed by atoms with Crippen LogP contribution in [-0.4, -0.2) is 11.9 Å². The van der Waals surface area contributed by atoms with E-state index in [0.29, 0.717) is 16.3 Å². The average molecular weight is 360 g/mol. The number of rotatable bonds is 3. The Labute approximate surface area is 148 Å². The quantitative estimate of drug-likeness (QED) is 0.781. The van der Waals surface area contributed by atoms with Crippen LogP contribution in [0.2, 0.25) is 5.02 Å². The van der Waals surface area contributed by atoms with Crippen molar-refractivity contribution in [2.24, 2.45) is 0 Å². The van der Waals surface area contributed by atoms with Gasteiger partial charge in [0.1, 0.15) is 5.82 Å². The van der Waals surface area contributed by atoms with E-state index < -0.39 is 23.8 Å². The molecule has 2 aromatic carbocycles. The van der Waals surface area contributed by atoms with Gasteiger partial charge < -0.3 is 16.0 Å². The molecule has 1 atom stereocenters. The number of urea groups is 1. The van der Waals surface area contributed by atoms with Gasteiger partial charge in [0.05, 0.1) is 17.3 Å². The fraction of sp³-hybridized carbons (Fsp3) is 0.111. The van der Waals surface area contributed by atoms with Crippen LogP contribution >= 0.6 is 11.6 Å². The second-order valence-corrected chi connectivity index (χ2v) is 6.00. The zero-order valence-electron chi connectivity index (χ0n) is 13.3. The SMILES string of the molecule is CC1=C(C(=O)Nc2ccccc2F)[C@@H](c2cccc(Cl)c2)NC(=O)N1. The maximum atomic E-state index is 13.8. The third-order valence-electron chi connectivity index (χ3n) is 3.82. The summed E-state index contributed by atoms with van der Waals surface area (Å²) in [6.07, 6.45) is 0. The van der Waals surface area contributed by atoms with Gasteiger partial charge in [0.15, 0.2) is 0 Å². The van der Waals surface area contributed by atoms with Gasteiger partial charge in [-0.1, -0.05) is 35.9 Å². The summed E-state index contributed by atoms with van der Waals surface area (Å²) >= 11 is 6.02. The molecule has 0 spiro atoms. The number of halogens is 2. The van der Waals surface area contributed by atoms with Crippen LogP contribution in [0.25, 0.3) is 0 Å². The predicted octanol–water partition coefficient (Wildman–Crippen LogP) is 3.75. The minimum Gasteiger partial charge on any atom is -0.327 e.